The molecule has 7 heteroatoms. The van der Waals surface area contributed by atoms with Crippen molar-refractivity contribution in [3.05, 3.63) is 75.3 Å². The lowest BCUT2D eigenvalue weighted by Gasteiger charge is -2.19. The number of carbonyl (C=O) groups excluding carboxylic acids is 1. The van der Waals surface area contributed by atoms with Crippen molar-refractivity contribution in [1.29, 1.82) is 0 Å². The maximum Gasteiger partial charge on any atom is 0.270 e. The van der Waals surface area contributed by atoms with Crippen molar-refractivity contribution in [1.82, 2.24) is 5.32 Å². The first-order chi connectivity index (χ1) is 13.0. The Morgan fingerprint density at radius 2 is 2.11 bits per heavy atom. The number of benzene rings is 2. The summed E-state index contributed by atoms with van der Waals surface area (Å²) in [4.78, 5) is 22.8. The van der Waals surface area contributed by atoms with Gasteiger partial charge in [0.1, 0.15) is 5.75 Å². The van der Waals surface area contributed by atoms with Gasteiger partial charge in [-0.1, -0.05) is 37.3 Å². The van der Waals surface area contributed by atoms with E-state index in [1.54, 1.807) is 0 Å². The first-order valence-electron chi connectivity index (χ1n) is 8.57. The number of ether oxygens (including phenoxy) is 2. The molecule has 27 heavy (non-hydrogen) atoms. The van der Waals surface area contributed by atoms with Gasteiger partial charge < -0.3 is 14.8 Å². The zero-order valence-electron chi connectivity index (χ0n) is 14.9. The topological polar surface area (TPSA) is 90.7 Å². The average molecular weight is 368 g/mol. The molecule has 0 saturated heterocycles. The Hall–Kier alpha value is -3.19. The molecule has 1 atom stereocenters. The number of hydrogen-bond acceptors (Lipinski definition) is 5. The van der Waals surface area contributed by atoms with Gasteiger partial charge in [-0.3, -0.25) is 14.9 Å². The molecular weight excluding hydrogens is 348 g/mol. The lowest BCUT2D eigenvalue weighted by molar-refractivity contribution is -0.385. The Bertz CT molecular complexity index is 864. The fourth-order valence-corrected chi connectivity index (χ4v) is 2.84. The van der Waals surface area contributed by atoms with Crippen molar-refractivity contribution in [2.45, 2.75) is 19.4 Å². The second kappa shape index (κ2) is 8.46. The standard InChI is InChI=1S/C20H20N2O5/c1-14(15-5-3-2-4-6-15)11-21-19(23)8-7-16-9-18(22(24)25)10-17-12-26-13-27-20(16)17/h2-10,14H,11-13H2,1H3,(H,21,23)/b8-7+. The van der Waals surface area contributed by atoms with Crippen molar-refractivity contribution in [3.63, 3.8) is 0 Å². The summed E-state index contributed by atoms with van der Waals surface area (Å²) in [6.45, 7) is 2.83. The van der Waals surface area contributed by atoms with Crippen LogP contribution in [-0.2, 0) is 16.1 Å². The predicted molar refractivity (Wildman–Crippen MR) is 100 cm³/mol. The highest BCUT2D eigenvalue weighted by Crippen LogP contribution is 2.33. The second-order valence-corrected chi connectivity index (χ2v) is 6.28. The minimum Gasteiger partial charge on any atom is -0.467 e. The second-order valence-electron chi connectivity index (χ2n) is 6.28. The van der Waals surface area contributed by atoms with Crippen LogP contribution >= 0.6 is 0 Å². The molecule has 0 bridgehead atoms. The number of rotatable bonds is 6. The lowest BCUT2D eigenvalue weighted by atomic mass is 10.0. The predicted octanol–water partition coefficient (Wildman–Crippen LogP) is 3.39. The molecule has 1 aliphatic heterocycles. The summed E-state index contributed by atoms with van der Waals surface area (Å²) < 4.78 is 10.6. The number of nitrogens with one attached hydrogen (secondary N) is 1. The number of amides is 1. The summed E-state index contributed by atoms with van der Waals surface area (Å²) in [5.74, 6) is 0.410. The number of nitrogens with zero attached hydrogens (tertiary/aromatic N) is 1. The normalized spacial score (nSPS) is 14.3. The van der Waals surface area contributed by atoms with Gasteiger partial charge in [0.05, 0.1) is 11.5 Å². The van der Waals surface area contributed by atoms with E-state index in [1.807, 2.05) is 37.3 Å². The molecule has 1 N–H and O–H groups in total. The van der Waals surface area contributed by atoms with Gasteiger partial charge in [-0.05, 0) is 17.6 Å². The molecule has 0 saturated carbocycles. The largest absolute Gasteiger partial charge is 0.467 e. The molecule has 2 aromatic rings. The molecule has 0 spiro atoms. The minimum atomic E-state index is -0.478. The zero-order valence-corrected chi connectivity index (χ0v) is 14.9. The van der Waals surface area contributed by atoms with Gasteiger partial charge in [0.2, 0.25) is 5.91 Å². The molecule has 7 nitrogen and oxygen atoms in total. The third-order valence-corrected chi connectivity index (χ3v) is 4.30. The van der Waals surface area contributed by atoms with E-state index in [2.05, 4.69) is 5.32 Å². The van der Waals surface area contributed by atoms with E-state index in [4.69, 9.17) is 9.47 Å². The maximum atomic E-state index is 12.1. The third kappa shape index (κ3) is 4.71. The highest BCUT2D eigenvalue weighted by atomic mass is 16.7. The molecule has 0 radical (unpaired) electrons. The number of hydrogen-bond donors (Lipinski definition) is 1. The van der Waals surface area contributed by atoms with Crippen LogP contribution < -0.4 is 10.1 Å². The molecule has 140 valence electrons. The van der Waals surface area contributed by atoms with E-state index >= 15 is 0 Å². The fourth-order valence-electron chi connectivity index (χ4n) is 2.84. The molecular formula is C20H20N2O5. The third-order valence-electron chi connectivity index (χ3n) is 4.30. The SMILES string of the molecule is CC(CNC(=O)/C=C/c1cc([N+](=O)[O-])cc2c1OCOC2)c1ccccc1. The van der Waals surface area contributed by atoms with E-state index in [0.717, 1.165) is 5.56 Å². The monoisotopic (exact) mass is 368 g/mol. The van der Waals surface area contributed by atoms with E-state index in [-0.39, 0.29) is 30.9 Å². The van der Waals surface area contributed by atoms with Crippen molar-refractivity contribution in [2.24, 2.45) is 0 Å². The van der Waals surface area contributed by atoms with E-state index < -0.39 is 4.92 Å². The van der Waals surface area contributed by atoms with Crippen LogP contribution in [0.15, 0.2) is 48.5 Å². The number of nitro benzene ring substituents is 1. The number of carbonyl (C=O) groups is 1. The van der Waals surface area contributed by atoms with E-state index in [9.17, 15) is 14.9 Å². The van der Waals surface area contributed by atoms with Gasteiger partial charge in [0.15, 0.2) is 6.79 Å². The van der Waals surface area contributed by atoms with Crippen LogP contribution in [0.25, 0.3) is 6.08 Å². The number of nitro groups is 1. The fraction of sp³-hybridized carbons (Fsp3) is 0.250. The van der Waals surface area contributed by atoms with Crippen molar-refractivity contribution in [2.75, 3.05) is 13.3 Å². The molecule has 1 amide bonds. The summed E-state index contributed by atoms with van der Waals surface area (Å²) in [5, 5.41) is 14.0. The summed E-state index contributed by atoms with van der Waals surface area (Å²) in [7, 11) is 0. The summed E-state index contributed by atoms with van der Waals surface area (Å²) in [5.41, 5.74) is 2.14. The molecule has 1 heterocycles. The smallest absolute Gasteiger partial charge is 0.270 e. The van der Waals surface area contributed by atoms with Gasteiger partial charge in [-0.15, -0.1) is 0 Å². The molecule has 1 unspecified atom stereocenters. The number of non-ortho nitro benzene ring substituents is 1. The zero-order chi connectivity index (χ0) is 19.2. The summed E-state index contributed by atoms with van der Waals surface area (Å²) in [6.07, 6.45) is 2.88. The molecule has 2 aromatic carbocycles. The first-order valence-corrected chi connectivity index (χ1v) is 8.57. The van der Waals surface area contributed by atoms with Gasteiger partial charge in [0, 0.05) is 35.9 Å². The summed E-state index contributed by atoms with van der Waals surface area (Å²) in [6, 6.07) is 12.7. The number of fused-ring (bicyclic) bond motifs is 1. The Morgan fingerprint density at radius 1 is 1.33 bits per heavy atom. The van der Waals surface area contributed by atoms with E-state index in [0.29, 0.717) is 23.4 Å². The maximum absolute atomic E-state index is 12.1. The molecule has 1 aliphatic rings. The Morgan fingerprint density at radius 3 is 2.85 bits per heavy atom. The first kappa shape index (κ1) is 18.6. The van der Waals surface area contributed by atoms with Crippen LogP contribution in [0.2, 0.25) is 0 Å². The molecule has 3 rings (SSSR count). The quantitative estimate of drug-likeness (QED) is 0.479. The minimum absolute atomic E-state index is 0.0689. The van der Waals surface area contributed by atoms with Gasteiger partial charge >= 0.3 is 0 Å². The highest BCUT2D eigenvalue weighted by molar-refractivity contribution is 5.92. The Labute approximate surface area is 156 Å². The van der Waals surface area contributed by atoms with Crippen LogP contribution in [-0.4, -0.2) is 24.2 Å². The summed E-state index contributed by atoms with van der Waals surface area (Å²) >= 11 is 0. The van der Waals surface area contributed by atoms with Crippen molar-refractivity contribution >= 4 is 17.7 Å². The highest BCUT2D eigenvalue weighted by Gasteiger charge is 2.19. The molecule has 0 aromatic heterocycles. The van der Waals surface area contributed by atoms with Crippen LogP contribution in [0.1, 0.15) is 29.5 Å². The van der Waals surface area contributed by atoms with Crippen molar-refractivity contribution in [3.8, 4) is 5.75 Å². The van der Waals surface area contributed by atoms with Crippen LogP contribution in [0.5, 0.6) is 5.75 Å². The molecule has 0 aliphatic carbocycles. The van der Waals surface area contributed by atoms with Crippen LogP contribution in [0, 0.1) is 10.1 Å². The Kier molecular flexibility index (Phi) is 5.83. The van der Waals surface area contributed by atoms with Crippen LogP contribution in [0.3, 0.4) is 0 Å². The Balaban J connectivity index is 1.69. The van der Waals surface area contributed by atoms with Gasteiger partial charge in [0.25, 0.3) is 5.69 Å². The van der Waals surface area contributed by atoms with E-state index in [1.165, 1.54) is 24.3 Å². The van der Waals surface area contributed by atoms with Crippen molar-refractivity contribution < 1.29 is 19.2 Å². The average Bonchev–Trinajstić information content (AvgIpc) is 2.70. The lowest BCUT2D eigenvalue weighted by Crippen LogP contribution is -2.25. The molecule has 0 fully saturated rings. The van der Waals surface area contributed by atoms with Gasteiger partial charge in [-0.25, -0.2) is 0 Å². The van der Waals surface area contributed by atoms with Crippen LogP contribution in [0.4, 0.5) is 5.69 Å². The van der Waals surface area contributed by atoms with Gasteiger partial charge in [-0.2, -0.15) is 0 Å².